The van der Waals surface area contributed by atoms with Crippen LogP contribution in [0.5, 0.6) is 6.01 Å². The Morgan fingerprint density at radius 1 is 1.24 bits per heavy atom. The van der Waals surface area contributed by atoms with E-state index in [9.17, 15) is 0 Å². The molecule has 1 aromatic rings. The molecule has 0 aliphatic rings. The van der Waals surface area contributed by atoms with Gasteiger partial charge in [0.25, 0.3) is 0 Å². The predicted octanol–water partition coefficient (Wildman–Crippen LogP) is 0.351. The van der Waals surface area contributed by atoms with Gasteiger partial charge in [-0.1, -0.05) is 6.92 Å². The molecule has 0 aliphatic heterocycles. The Morgan fingerprint density at radius 2 is 1.88 bits per heavy atom. The lowest BCUT2D eigenvalue weighted by Gasteiger charge is -2.19. The van der Waals surface area contributed by atoms with E-state index in [0.29, 0.717) is 11.9 Å². The molecule has 0 saturated carbocycles. The maximum atomic E-state index is 9.05. The summed E-state index contributed by atoms with van der Waals surface area (Å²) >= 11 is 0. The smallest absolute Gasteiger partial charge is 0.322 e. The van der Waals surface area contributed by atoms with E-state index in [0.717, 1.165) is 0 Å². The van der Waals surface area contributed by atoms with E-state index in [2.05, 4.69) is 25.6 Å². The summed E-state index contributed by atoms with van der Waals surface area (Å²) in [7, 11) is 3.22. The van der Waals surface area contributed by atoms with Gasteiger partial charge in [-0.25, -0.2) is 0 Å². The van der Waals surface area contributed by atoms with Gasteiger partial charge in [0.1, 0.15) is 0 Å². The largest absolute Gasteiger partial charge is 0.467 e. The summed E-state index contributed by atoms with van der Waals surface area (Å²) in [5, 5.41) is 15.0. The van der Waals surface area contributed by atoms with Gasteiger partial charge >= 0.3 is 6.01 Å². The van der Waals surface area contributed by atoms with Gasteiger partial charge in [-0.05, 0) is 12.8 Å². The summed E-state index contributed by atoms with van der Waals surface area (Å²) in [4.78, 5) is 12.2. The fourth-order valence-corrected chi connectivity index (χ4v) is 1.13. The van der Waals surface area contributed by atoms with E-state index in [1.54, 1.807) is 7.05 Å². The zero-order valence-corrected chi connectivity index (χ0v) is 10.6. The van der Waals surface area contributed by atoms with Gasteiger partial charge in [0.15, 0.2) is 0 Å². The molecule has 0 fully saturated rings. The molecule has 0 aromatic carbocycles. The summed E-state index contributed by atoms with van der Waals surface area (Å²) in [5.41, 5.74) is 0. The van der Waals surface area contributed by atoms with E-state index in [4.69, 9.17) is 9.84 Å². The summed E-state index contributed by atoms with van der Waals surface area (Å²) in [6, 6.07) is 0.299. The van der Waals surface area contributed by atoms with Gasteiger partial charge < -0.3 is 20.5 Å². The monoisotopic (exact) mass is 241 g/mol. The van der Waals surface area contributed by atoms with Crippen molar-refractivity contribution in [1.82, 2.24) is 15.0 Å². The number of aliphatic hydroxyl groups excluding tert-OH is 1. The van der Waals surface area contributed by atoms with E-state index in [1.807, 2.05) is 13.8 Å². The van der Waals surface area contributed by atoms with Crippen LogP contribution in [0, 0.1) is 5.92 Å². The molecule has 0 radical (unpaired) electrons. The Balaban J connectivity index is 2.82. The SMILES string of the molecule is CNc1nc(NC(C)C(C)CO)nc(OC)n1. The van der Waals surface area contributed by atoms with Crippen molar-refractivity contribution in [3.8, 4) is 6.01 Å². The minimum absolute atomic E-state index is 0.0526. The third-order valence-corrected chi connectivity index (χ3v) is 2.52. The number of nitrogens with zero attached hydrogens (tertiary/aromatic N) is 3. The highest BCUT2D eigenvalue weighted by Crippen LogP contribution is 2.13. The van der Waals surface area contributed by atoms with Crippen molar-refractivity contribution in [3.63, 3.8) is 0 Å². The van der Waals surface area contributed by atoms with Gasteiger partial charge in [-0.2, -0.15) is 15.0 Å². The number of nitrogens with one attached hydrogen (secondary N) is 2. The van der Waals surface area contributed by atoms with Crippen LogP contribution in [-0.4, -0.2) is 46.9 Å². The average molecular weight is 241 g/mol. The number of aromatic nitrogens is 3. The van der Waals surface area contributed by atoms with Crippen LogP contribution in [0.25, 0.3) is 0 Å². The summed E-state index contributed by atoms with van der Waals surface area (Å²) in [6.07, 6.45) is 0. The number of anilines is 2. The highest BCUT2D eigenvalue weighted by Gasteiger charge is 2.13. The molecule has 0 spiro atoms. The van der Waals surface area contributed by atoms with Gasteiger partial charge in [-0.3, -0.25) is 0 Å². The summed E-state index contributed by atoms with van der Waals surface area (Å²) in [6.45, 7) is 4.00. The van der Waals surface area contributed by atoms with Crippen molar-refractivity contribution >= 4 is 11.9 Å². The molecule has 3 N–H and O–H groups in total. The molecule has 0 aliphatic carbocycles. The maximum absolute atomic E-state index is 9.05. The fraction of sp³-hybridized carbons (Fsp3) is 0.700. The highest BCUT2D eigenvalue weighted by molar-refractivity contribution is 5.36. The van der Waals surface area contributed by atoms with Crippen LogP contribution in [0.2, 0.25) is 0 Å². The van der Waals surface area contributed by atoms with Crippen LogP contribution in [0.3, 0.4) is 0 Å². The van der Waals surface area contributed by atoms with Crippen molar-refractivity contribution in [2.45, 2.75) is 19.9 Å². The Hall–Kier alpha value is -1.63. The second-order valence-corrected chi connectivity index (χ2v) is 3.81. The van der Waals surface area contributed by atoms with Crippen LogP contribution in [0.4, 0.5) is 11.9 Å². The minimum Gasteiger partial charge on any atom is -0.467 e. The third-order valence-electron chi connectivity index (χ3n) is 2.52. The van der Waals surface area contributed by atoms with Crippen molar-refractivity contribution in [2.24, 2.45) is 5.92 Å². The fourth-order valence-electron chi connectivity index (χ4n) is 1.13. The highest BCUT2D eigenvalue weighted by atomic mass is 16.5. The molecular weight excluding hydrogens is 222 g/mol. The summed E-state index contributed by atoms with van der Waals surface area (Å²) in [5.74, 6) is 0.966. The molecule has 96 valence electrons. The first-order valence-corrected chi connectivity index (χ1v) is 5.46. The molecule has 0 amide bonds. The zero-order valence-electron chi connectivity index (χ0n) is 10.6. The van der Waals surface area contributed by atoms with Crippen molar-refractivity contribution < 1.29 is 9.84 Å². The second-order valence-electron chi connectivity index (χ2n) is 3.81. The average Bonchev–Trinajstić information content (AvgIpc) is 2.36. The number of hydrogen-bond donors (Lipinski definition) is 3. The van der Waals surface area contributed by atoms with E-state index >= 15 is 0 Å². The maximum Gasteiger partial charge on any atom is 0.322 e. The quantitative estimate of drug-likeness (QED) is 0.661. The molecule has 17 heavy (non-hydrogen) atoms. The zero-order chi connectivity index (χ0) is 12.8. The first-order valence-electron chi connectivity index (χ1n) is 5.46. The number of aliphatic hydroxyl groups is 1. The lowest BCUT2D eigenvalue weighted by molar-refractivity contribution is 0.226. The molecule has 7 heteroatoms. The summed E-state index contributed by atoms with van der Waals surface area (Å²) < 4.78 is 4.97. The standard InChI is InChI=1S/C10H19N5O2/c1-6(5-16)7(2)12-9-13-8(11-3)14-10(15-9)17-4/h6-7,16H,5H2,1-4H3,(H2,11,12,13,14,15). The van der Waals surface area contributed by atoms with E-state index in [1.165, 1.54) is 7.11 Å². The van der Waals surface area contributed by atoms with E-state index in [-0.39, 0.29) is 24.6 Å². The van der Waals surface area contributed by atoms with Crippen molar-refractivity contribution in [2.75, 3.05) is 31.4 Å². The molecule has 1 aromatic heterocycles. The number of rotatable bonds is 6. The Bertz CT molecular complexity index is 338. The van der Waals surface area contributed by atoms with Crippen molar-refractivity contribution in [1.29, 1.82) is 0 Å². The van der Waals surface area contributed by atoms with Gasteiger partial charge in [-0.15, -0.1) is 0 Å². The van der Waals surface area contributed by atoms with Crippen LogP contribution in [-0.2, 0) is 0 Å². The molecular formula is C10H19N5O2. The lowest BCUT2D eigenvalue weighted by Crippen LogP contribution is -2.27. The first-order chi connectivity index (χ1) is 8.10. The number of methoxy groups -OCH3 is 1. The predicted molar refractivity (Wildman–Crippen MR) is 65.3 cm³/mol. The van der Waals surface area contributed by atoms with Crippen LogP contribution in [0.15, 0.2) is 0 Å². The second kappa shape index (κ2) is 6.19. The normalized spacial score (nSPS) is 13.9. The first kappa shape index (κ1) is 13.4. The topological polar surface area (TPSA) is 92.2 Å². The molecule has 2 atom stereocenters. The van der Waals surface area contributed by atoms with Crippen LogP contribution < -0.4 is 15.4 Å². The third kappa shape index (κ3) is 3.70. The number of ether oxygens (including phenoxy) is 1. The Kier molecular flexibility index (Phi) is 4.89. The van der Waals surface area contributed by atoms with Gasteiger partial charge in [0, 0.05) is 19.7 Å². The van der Waals surface area contributed by atoms with Crippen LogP contribution >= 0.6 is 0 Å². The lowest BCUT2D eigenvalue weighted by atomic mass is 10.1. The Labute approximate surface area is 101 Å². The molecule has 2 unspecified atom stereocenters. The molecule has 7 nitrogen and oxygen atoms in total. The van der Waals surface area contributed by atoms with Crippen LogP contribution in [0.1, 0.15) is 13.8 Å². The van der Waals surface area contributed by atoms with Gasteiger partial charge in [0.2, 0.25) is 11.9 Å². The molecule has 1 heterocycles. The van der Waals surface area contributed by atoms with E-state index < -0.39 is 0 Å². The molecule has 1 rings (SSSR count). The molecule has 0 bridgehead atoms. The van der Waals surface area contributed by atoms with Gasteiger partial charge in [0.05, 0.1) is 7.11 Å². The molecule has 0 saturated heterocycles. The Morgan fingerprint density at radius 3 is 2.41 bits per heavy atom. The minimum atomic E-state index is 0.0526. The van der Waals surface area contributed by atoms with Crippen molar-refractivity contribution in [3.05, 3.63) is 0 Å². The number of hydrogen-bond acceptors (Lipinski definition) is 7.